The molecule has 1 aliphatic rings. The molecule has 184 valence electrons. The highest BCUT2D eigenvalue weighted by molar-refractivity contribution is 5.99. The van der Waals surface area contributed by atoms with Crippen molar-refractivity contribution in [3.05, 3.63) is 53.6 Å². The topological polar surface area (TPSA) is 93.1 Å². The fourth-order valence-electron chi connectivity index (χ4n) is 3.99. The van der Waals surface area contributed by atoms with Crippen molar-refractivity contribution in [1.82, 2.24) is 20.2 Å². The van der Waals surface area contributed by atoms with Crippen molar-refractivity contribution in [3.8, 4) is 11.1 Å². The summed E-state index contributed by atoms with van der Waals surface area (Å²) in [7, 11) is 0. The average molecular weight is 486 g/mol. The minimum Gasteiger partial charge on any atom is -0.372 e. The Labute approximate surface area is 200 Å². The van der Waals surface area contributed by atoms with Gasteiger partial charge in [0.1, 0.15) is 5.69 Å². The maximum absolute atomic E-state index is 14.6. The van der Waals surface area contributed by atoms with E-state index >= 15 is 0 Å². The Morgan fingerprint density at radius 3 is 2.49 bits per heavy atom. The van der Waals surface area contributed by atoms with E-state index in [9.17, 15) is 18.0 Å². The number of ketones is 1. The Kier molecular flexibility index (Phi) is 7.25. The number of aromatic nitrogens is 4. The average Bonchev–Trinajstić information content (AvgIpc) is 2.80. The molecule has 0 bridgehead atoms. The van der Waals surface area contributed by atoms with Gasteiger partial charge in [-0.2, -0.15) is 4.98 Å². The van der Waals surface area contributed by atoms with Gasteiger partial charge in [0.25, 0.3) is 0 Å². The first kappa shape index (κ1) is 24.5. The molecule has 35 heavy (non-hydrogen) atoms. The van der Waals surface area contributed by atoms with Crippen LogP contribution in [0.3, 0.4) is 0 Å². The van der Waals surface area contributed by atoms with Crippen LogP contribution in [0, 0.1) is 5.82 Å². The predicted molar refractivity (Wildman–Crippen MR) is 125 cm³/mol. The smallest absolute Gasteiger partial charge is 0.242 e. The summed E-state index contributed by atoms with van der Waals surface area (Å²) in [5.41, 5.74) is 1.60. The molecule has 8 nitrogen and oxygen atoms in total. The van der Waals surface area contributed by atoms with Crippen LogP contribution in [0.15, 0.2) is 36.5 Å². The third-order valence-electron chi connectivity index (χ3n) is 5.46. The number of benzene rings is 1. The second-order valence-electron chi connectivity index (χ2n) is 8.49. The highest BCUT2D eigenvalue weighted by Crippen LogP contribution is 2.28. The molecular formula is C24H25F3N6O2. The van der Waals surface area contributed by atoms with Crippen LogP contribution in [-0.2, 0) is 11.2 Å². The standard InChI is InChI=1S/C24H25F3N6O2/c1-13-11-33(12-14(2)35-13)24-28-10-19(25)23(30-24)29-21-9-18(22(15(3)34)32-31-21)17-6-4-16(5-7-17)8-20(26)27/h4-7,9-10,13-14,20H,8,11-12H2,1-3H3,(H,28,29,30,31)/t13-,14+. The summed E-state index contributed by atoms with van der Waals surface area (Å²) in [5.74, 6) is -0.585. The molecule has 0 spiro atoms. The number of hydrogen-bond acceptors (Lipinski definition) is 8. The maximum atomic E-state index is 14.6. The summed E-state index contributed by atoms with van der Waals surface area (Å²) in [4.78, 5) is 22.5. The van der Waals surface area contributed by atoms with Gasteiger partial charge < -0.3 is 15.0 Å². The van der Waals surface area contributed by atoms with E-state index in [1.165, 1.54) is 6.92 Å². The van der Waals surface area contributed by atoms with E-state index in [0.717, 1.165) is 6.20 Å². The summed E-state index contributed by atoms with van der Waals surface area (Å²) >= 11 is 0. The number of carbonyl (C=O) groups is 1. The molecule has 1 aromatic carbocycles. The Bertz CT molecular complexity index is 1200. The zero-order valence-electron chi connectivity index (χ0n) is 19.5. The molecule has 11 heteroatoms. The van der Waals surface area contributed by atoms with E-state index in [1.807, 2.05) is 18.7 Å². The monoisotopic (exact) mass is 486 g/mol. The fraction of sp³-hybridized carbons (Fsp3) is 0.375. The zero-order chi connectivity index (χ0) is 25.1. The lowest BCUT2D eigenvalue weighted by Gasteiger charge is -2.35. The normalized spacial score (nSPS) is 18.1. The molecule has 0 amide bonds. The number of anilines is 3. The Hall–Kier alpha value is -3.60. The van der Waals surface area contributed by atoms with Crippen LogP contribution in [-0.4, -0.2) is 57.7 Å². The summed E-state index contributed by atoms with van der Waals surface area (Å²) in [6.07, 6.45) is -1.79. The molecule has 1 N–H and O–H groups in total. The molecule has 1 saturated heterocycles. The molecule has 2 aromatic heterocycles. The van der Waals surface area contributed by atoms with E-state index in [4.69, 9.17) is 4.74 Å². The van der Waals surface area contributed by atoms with Crippen molar-refractivity contribution in [3.63, 3.8) is 0 Å². The van der Waals surface area contributed by atoms with Gasteiger partial charge in [-0.3, -0.25) is 4.79 Å². The fourth-order valence-corrected chi connectivity index (χ4v) is 3.99. The van der Waals surface area contributed by atoms with Gasteiger partial charge in [-0.25, -0.2) is 18.2 Å². The van der Waals surface area contributed by atoms with Crippen LogP contribution in [0.25, 0.3) is 11.1 Å². The highest BCUT2D eigenvalue weighted by atomic mass is 19.3. The number of rotatable bonds is 7. The molecule has 0 unspecified atom stereocenters. The largest absolute Gasteiger partial charge is 0.372 e. The minimum atomic E-state index is -2.46. The van der Waals surface area contributed by atoms with Gasteiger partial charge in [0.2, 0.25) is 12.4 Å². The molecule has 2 atom stereocenters. The molecular weight excluding hydrogens is 461 g/mol. The quantitative estimate of drug-likeness (QED) is 0.490. The number of hydrogen-bond donors (Lipinski definition) is 1. The van der Waals surface area contributed by atoms with Gasteiger partial charge in [-0.1, -0.05) is 24.3 Å². The Morgan fingerprint density at radius 2 is 1.86 bits per heavy atom. The van der Waals surface area contributed by atoms with Crippen molar-refractivity contribution in [2.75, 3.05) is 23.3 Å². The van der Waals surface area contributed by atoms with E-state index in [2.05, 4.69) is 25.5 Å². The van der Waals surface area contributed by atoms with Gasteiger partial charge in [0.05, 0.1) is 18.4 Å². The van der Waals surface area contributed by atoms with Crippen LogP contribution in [0.1, 0.15) is 36.8 Å². The molecule has 1 fully saturated rings. The molecule has 3 heterocycles. The Morgan fingerprint density at radius 1 is 1.17 bits per heavy atom. The number of morpholine rings is 1. The van der Waals surface area contributed by atoms with E-state index in [1.54, 1.807) is 30.3 Å². The number of alkyl halides is 2. The summed E-state index contributed by atoms with van der Waals surface area (Å²) < 4.78 is 45.6. The van der Waals surface area contributed by atoms with Gasteiger partial charge >= 0.3 is 0 Å². The lowest BCUT2D eigenvalue weighted by atomic mass is 10.0. The first-order valence-electron chi connectivity index (χ1n) is 11.2. The van der Waals surface area contributed by atoms with Crippen LogP contribution in [0.2, 0.25) is 0 Å². The molecule has 1 aliphatic heterocycles. The molecule has 4 rings (SSSR count). The predicted octanol–water partition coefficient (Wildman–Crippen LogP) is 4.44. The van der Waals surface area contributed by atoms with Crippen molar-refractivity contribution in [2.24, 2.45) is 0 Å². The van der Waals surface area contributed by atoms with Crippen LogP contribution in [0.4, 0.5) is 30.8 Å². The summed E-state index contributed by atoms with van der Waals surface area (Å²) in [5, 5.41) is 10.8. The number of nitrogens with one attached hydrogen (secondary N) is 1. The Balaban J connectivity index is 1.63. The zero-order valence-corrected chi connectivity index (χ0v) is 19.5. The van der Waals surface area contributed by atoms with Crippen molar-refractivity contribution < 1.29 is 22.7 Å². The molecule has 0 aliphatic carbocycles. The number of ether oxygens (including phenoxy) is 1. The summed E-state index contributed by atoms with van der Waals surface area (Å²) in [6.45, 7) is 6.37. The van der Waals surface area contributed by atoms with Crippen molar-refractivity contribution in [2.45, 2.75) is 45.8 Å². The van der Waals surface area contributed by atoms with E-state index < -0.39 is 12.2 Å². The van der Waals surface area contributed by atoms with Crippen LogP contribution < -0.4 is 10.2 Å². The second-order valence-corrected chi connectivity index (χ2v) is 8.49. The SMILES string of the molecule is CC(=O)c1nnc(Nc2nc(N3C[C@@H](C)O[C@@H](C)C3)ncc2F)cc1-c1ccc(CC(F)F)cc1. The second kappa shape index (κ2) is 10.3. The first-order valence-corrected chi connectivity index (χ1v) is 11.2. The molecule has 0 saturated carbocycles. The lowest BCUT2D eigenvalue weighted by Crippen LogP contribution is -2.46. The highest BCUT2D eigenvalue weighted by Gasteiger charge is 2.25. The van der Waals surface area contributed by atoms with Gasteiger partial charge in [-0.15, -0.1) is 10.2 Å². The number of carbonyl (C=O) groups excluding carboxylic acids is 1. The first-order chi connectivity index (χ1) is 16.7. The lowest BCUT2D eigenvalue weighted by molar-refractivity contribution is -0.00572. The van der Waals surface area contributed by atoms with E-state index in [0.29, 0.717) is 35.7 Å². The third kappa shape index (κ3) is 5.91. The van der Waals surface area contributed by atoms with Crippen LogP contribution in [0.5, 0.6) is 0 Å². The van der Waals surface area contributed by atoms with Crippen molar-refractivity contribution >= 4 is 23.4 Å². The van der Waals surface area contributed by atoms with Gasteiger partial charge in [0.15, 0.2) is 23.2 Å². The van der Waals surface area contributed by atoms with Crippen LogP contribution >= 0.6 is 0 Å². The van der Waals surface area contributed by atoms with Gasteiger partial charge in [-0.05, 0) is 31.0 Å². The summed E-state index contributed by atoms with van der Waals surface area (Å²) in [6, 6.07) is 7.95. The molecule has 0 radical (unpaired) electrons. The third-order valence-corrected chi connectivity index (χ3v) is 5.46. The number of halogens is 3. The minimum absolute atomic E-state index is 0.0246. The van der Waals surface area contributed by atoms with Crippen molar-refractivity contribution in [1.29, 1.82) is 0 Å². The number of Topliss-reactive ketones (excluding diaryl/α,β-unsaturated/α-hetero) is 1. The molecule has 3 aromatic rings. The van der Waals surface area contributed by atoms with E-state index in [-0.39, 0.29) is 41.7 Å². The maximum Gasteiger partial charge on any atom is 0.242 e. The van der Waals surface area contributed by atoms with Gasteiger partial charge in [0, 0.05) is 32.0 Å². The number of nitrogens with zero attached hydrogens (tertiary/aromatic N) is 5.